The summed E-state index contributed by atoms with van der Waals surface area (Å²) in [5.41, 5.74) is 4.72. The third-order valence-corrected chi connectivity index (χ3v) is 8.57. The van der Waals surface area contributed by atoms with Crippen LogP contribution in [0.3, 0.4) is 0 Å². The van der Waals surface area contributed by atoms with Gasteiger partial charge in [0.1, 0.15) is 12.0 Å². The molecule has 0 amide bonds. The SMILES string of the molecule is CC.CC(=O)CC(C)(C)C.CC(CCC1=CC(F)CC=C1)c1cc(C2C=CCC2)ccc1C(=O)C(C)C1CCCC1. The molecule has 0 radical (unpaired) electrons. The van der Waals surface area contributed by atoms with Crippen LogP contribution in [0.15, 0.2) is 54.2 Å². The van der Waals surface area contributed by atoms with Gasteiger partial charge >= 0.3 is 0 Å². The lowest BCUT2D eigenvalue weighted by Gasteiger charge is -2.23. The van der Waals surface area contributed by atoms with E-state index in [4.69, 9.17) is 0 Å². The van der Waals surface area contributed by atoms with Gasteiger partial charge in [-0.25, -0.2) is 4.39 Å². The molecule has 0 N–H and O–H groups in total. The largest absolute Gasteiger partial charge is 0.300 e. The predicted molar refractivity (Wildman–Crippen MR) is 173 cm³/mol. The molecule has 1 aromatic carbocycles. The summed E-state index contributed by atoms with van der Waals surface area (Å²) in [6.07, 6.45) is 19.7. The van der Waals surface area contributed by atoms with E-state index >= 15 is 0 Å². The maximum atomic E-state index is 13.7. The van der Waals surface area contributed by atoms with Gasteiger partial charge in [0.25, 0.3) is 0 Å². The van der Waals surface area contributed by atoms with Crippen LogP contribution < -0.4 is 0 Å². The number of halogens is 1. The summed E-state index contributed by atoms with van der Waals surface area (Å²) in [7, 11) is 0. The van der Waals surface area contributed by atoms with Gasteiger partial charge in [0.05, 0.1) is 0 Å². The summed E-state index contributed by atoms with van der Waals surface area (Å²) >= 11 is 0. The lowest BCUT2D eigenvalue weighted by Crippen LogP contribution is -2.21. The molecule has 4 rings (SSSR count). The molecule has 0 aliphatic heterocycles. The molecule has 1 aromatic rings. The molecule has 1 fully saturated rings. The Morgan fingerprint density at radius 1 is 1.02 bits per heavy atom. The van der Waals surface area contributed by atoms with Gasteiger partial charge in [0.15, 0.2) is 5.78 Å². The van der Waals surface area contributed by atoms with Gasteiger partial charge in [0.2, 0.25) is 0 Å². The molecule has 228 valence electrons. The first kappa shape index (κ1) is 34.9. The lowest BCUT2D eigenvalue weighted by atomic mass is 9.80. The maximum absolute atomic E-state index is 13.7. The molecule has 1 saturated carbocycles. The van der Waals surface area contributed by atoms with E-state index in [0.717, 1.165) is 36.8 Å². The molecule has 3 aliphatic carbocycles. The number of allylic oxidation sites excluding steroid dienone is 6. The summed E-state index contributed by atoms with van der Waals surface area (Å²) in [6.45, 7) is 16.2. The van der Waals surface area contributed by atoms with Crippen molar-refractivity contribution in [2.24, 2.45) is 17.3 Å². The zero-order valence-electron chi connectivity index (χ0n) is 27.3. The van der Waals surface area contributed by atoms with Crippen molar-refractivity contribution in [3.63, 3.8) is 0 Å². The van der Waals surface area contributed by atoms with Crippen LogP contribution in [-0.2, 0) is 4.79 Å². The highest BCUT2D eigenvalue weighted by Crippen LogP contribution is 2.37. The average Bonchev–Trinajstić information content (AvgIpc) is 3.66. The van der Waals surface area contributed by atoms with E-state index < -0.39 is 6.17 Å². The van der Waals surface area contributed by atoms with Crippen LogP contribution >= 0.6 is 0 Å². The minimum atomic E-state index is -0.850. The van der Waals surface area contributed by atoms with Crippen LogP contribution in [-0.4, -0.2) is 17.7 Å². The standard InChI is InChI=1S/C29H37FO.C7H14O.C2H6/c1-20(14-15-22-8-7-13-26(30)18-22)28-19-25(24-11-5-6-12-24)16-17-27(28)29(31)21(2)23-9-3-4-10-23;1-6(8)5-7(2,3)4;1-2/h5,7-8,11,16-21,23-24,26H,3-4,6,9-10,12-15H2,1-2H3;5H2,1-4H3;1-2H3. The van der Waals surface area contributed by atoms with E-state index in [9.17, 15) is 14.0 Å². The van der Waals surface area contributed by atoms with Gasteiger partial charge in [0, 0.05) is 30.2 Å². The summed E-state index contributed by atoms with van der Waals surface area (Å²) in [4.78, 5) is 24.0. The zero-order chi connectivity index (χ0) is 30.6. The summed E-state index contributed by atoms with van der Waals surface area (Å²) in [6, 6.07) is 6.60. The van der Waals surface area contributed by atoms with Crippen molar-refractivity contribution in [3.8, 4) is 0 Å². The van der Waals surface area contributed by atoms with Crippen LogP contribution in [0, 0.1) is 17.3 Å². The molecule has 2 nitrogen and oxygen atoms in total. The van der Waals surface area contributed by atoms with Crippen molar-refractivity contribution in [2.45, 2.75) is 138 Å². The number of ketones is 2. The lowest BCUT2D eigenvalue weighted by molar-refractivity contribution is -0.118. The number of carbonyl (C=O) groups is 2. The fraction of sp³-hybridized carbons (Fsp3) is 0.632. The molecule has 0 bridgehead atoms. The Balaban J connectivity index is 0.000000509. The van der Waals surface area contributed by atoms with E-state index in [1.807, 2.05) is 19.9 Å². The third-order valence-electron chi connectivity index (χ3n) is 8.57. The van der Waals surface area contributed by atoms with E-state index in [0.29, 0.717) is 30.5 Å². The number of hydrogen-bond acceptors (Lipinski definition) is 2. The topological polar surface area (TPSA) is 34.1 Å². The number of alkyl halides is 1. The molecule has 3 heteroatoms. The molecule has 0 spiro atoms. The Morgan fingerprint density at radius 3 is 2.24 bits per heavy atom. The van der Waals surface area contributed by atoms with Gasteiger partial charge in [-0.1, -0.05) is 104 Å². The fourth-order valence-electron chi connectivity index (χ4n) is 6.43. The van der Waals surface area contributed by atoms with E-state index in [1.165, 1.54) is 36.8 Å². The van der Waals surface area contributed by atoms with Crippen LogP contribution in [0.5, 0.6) is 0 Å². The second-order valence-electron chi connectivity index (χ2n) is 13.4. The Hall–Kier alpha value is -2.29. The van der Waals surface area contributed by atoms with E-state index in [2.05, 4.69) is 71.0 Å². The van der Waals surface area contributed by atoms with Crippen LogP contribution in [0.2, 0.25) is 0 Å². The molecule has 4 atom stereocenters. The predicted octanol–water partition coefficient (Wildman–Crippen LogP) is 11.3. The zero-order valence-corrected chi connectivity index (χ0v) is 27.3. The van der Waals surface area contributed by atoms with Crippen molar-refractivity contribution in [1.82, 2.24) is 0 Å². The quantitative estimate of drug-likeness (QED) is 0.221. The molecular formula is C38H57FO2. The van der Waals surface area contributed by atoms with Crippen molar-refractivity contribution < 1.29 is 14.0 Å². The van der Waals surface area contributed by atoms with E-state index in [-0.39, 0.29) is 23.0 Å². The molecule has 0 heterocycles. The molecule has 3 aliphatic rings. The van der Waals surface area contributed by atoms with Crippen molar-refractivity contribution in [2.75, 3.05) is 0 Å². The van der Waals surface area contributed by atoms with Crippen LogP contribution in [0.1, 0.15) is 153 Å². The molecule has 41 heavy (non-hydrogen) atoms. The van der Waals surface area contributed by atoms with Gasteiger partial charge < -0.3 is 4.79 Å². The Labute approximate surface area is 251 Å². The Kier molecular flexibility index (Phi) is 14.5. The monoisotopic (exact) mass is 564 g/mol. The number of hydrogen-bond donors (Lipinski definition) is 0. The van der Waals surface area contributed by atoms with Gasteiger partial charge in [-0.15, -0.1) is 0 Å². The number of benzene rings is 1. The molecule has 0 saturated heterocycles. The molecule has 0 aromatic heterocycles. The average molecular weight is 565 g/mol. The van der Waals surface area contributed by atoms with Crippen LogP contribution in [0.4, 0.5) is 4.39 Å². The van der Waals surface area contributed by atoms with Crippen molar-refractivity contribution in [1.29, 1.82) is 0 Å². The molecule has 4 unspecified atom stereocenters. The number of Topliss-reactive ketones (excluding diaryl/α,β-unsaturated/α-hetero) is 2. The first-order valence-corrected chi connectivity index (χ1v) is 16.3. The van der Waals surface area contributed by atoms with Gasteiger partial charge in [-0.05, 0) is 85.5 Å². The third kappa shape index (κ3) is 11.5. The Morgan fingerprint density at radius 2 is 1.71 bits per heavy atom. The number of carbonyl (C=O) groups excluding carboxylic acids is 2. The maximum Gasteiger partial charge on any atom is 0.166 e. The van der Waals surface area contributed by atoms with Gasteiger partial charge in [-0.2, -0.15) is 0 Å². The second kappa shape index (κ2) is 17.0. The van der Waals surface area contributed by atoms with Crippen molar-refractivity contribution >= 4 is 11.6 Å². The molecular weight excluding hydrogens is 507 g/mol. The minimum Gasteiger partial charge on any atom is -0.300 e. The second-order valence-corrected chi connectivity index (χ2v) is 13.4. The minimum absolute atomic E-state index is 0.0990. The smallest absolute Gasteiger partial charge is 0.166 e. The Bertz CT molecular complexity index is 1060. The summed E-state index contributed by atoms with van der Waals surface area (Å²) in [5, 5.41) is 0. The first-order chi connectivity index (χ1) is 19.4. The summed E-state index contributed by atoms with van der Waals surface area (Å²) in [5.74, 6) is 1.97. The van der Waals surface area contributed by atoms with Crippen LogP contribution in [0.25, 0.3) is 0 Å². The van der Waals surface area contributed by atoms with Crippen molar-refractivity contribution in [3.05, 3.63) is 70.8 Å². The normalized spacial score (nSPS) is 21.7. The first-order valence-electron chi connectivity index (χ1n) is 16.3. The highest BCUT2D eigenvalue weighted by molar-refractivity contribution is 5.99. The van der Waals surface area contributed by atoms with E-state index in [1.54, 1.807) is 13.0 Å². The number of rotatable bonds is 9. The van der Waals surface area contributed by atoms with Gasteiger partial charge in [-0.3, -0.25) is 4.79 Å². The highest BCUT2D eigenvalue weighted by Gasteiger charge is 2.30. The summed E-state index contributed by atoms with van der Waals surface area (Å²) < 4.78 is 13.7. The fourth-order valence-corrected chi connectivity index (χ4v) is 6.43. The highest BCUT2D eigenvalue weighted by atomic mass is 19.1.